The van der Waals surface area contributed by atoms with Gasteiger partial charge < -0.3 is 24.3 Å². The summed E-state index contributed by atoms with van der Waals surface area (Å²) in [4.78, 5) is 24.5. The zero-order chi connectivity index (χ0) is 24.2. The van der Waals surface area contributed by atoms with Gasteiger partial charge in [-0.05, 0) is 48.0 Å². The Morgan fingerprint density at radius 1 is 1.14 bits per heavy atom. The van der Waals surface area contributed by atoms with Crippen LogP contribution in [0.2, 0.25) is 5.02 Å². The molecule has 0 spiro atoms. The van der Waals surface area contributed by atoms with Gasteiger partial charge in [0.2, 0.25) is 5.91 Å². The average molecular weight is 513 g/mol. The van der Waals surface area contributed by atoms with E-state index in [1.54, 1.807) is 13.1 Å². The molecule has 1 amide bonds. The predicted molar refractivity (Wildman–Crippen MR) is 138 cm³/mol. The van der Waals surface area contributed by atoms with Crippen LogP contribution in [0.1, 0.15) is 24.4 Å². The molecule has 5 rings (SSSR count). The summed E-state index contributed by atoms with van der Waals surface area (Å²) in [6.45, 7) is 5.78. The Morgan fingerprint density at radius 2 is 1.94 bits per heavy atom. The fourth-order valence-electron chi connectivity index (χ4n) is 4.59. The van der Waals surface area contributed by atoms with E-state index in [-0.39, 0.29) is 17.3 Å². The number of amides is 1. The molecule has 1 N–H and O–H groups in total. The third kappa shape index (κ3) is 5.77. The highest BCUT2D eigenvalue weighted by Gasteiger charge is 2.35. The van der Waals surface area contributed by atoms with E-state index in [2.05, 4.69) is 33.1 Å². The van der Waals surface area contributed by atoms with E-state index in [0.717, 1.165) is 60.4 Å². The number of hydrogen-bond donors (Lipinski definition) is 1. The lowest BCUT2D eigenvalue weighted by Gasteiger charge is -2.35. The second-order valence-electron chi connectivity index (χ2n) is 8.71. The number of carbonyl (C=O) groups is 1. The first kappa shape index (κ1) is 24.0. The molecule has 2 aromatic carbocycles. The Balaban J connectivity index is 1.14. The first-order valence-electron chi connectivity index (χ1n) is 11.9. The second kappa shape index (κ2) is 10.9. The van der Waals surface area contributed by atoms with Gasteiger partial charge in [0.15, 0.2) is 0 Å². The molecule has 9 heteroatoms. The highest BCUT2D eigenvalue weighted by atomic mass is 35.5. The molecule has 0 bridgehead atoms. The van der Waals surface area contributed by atoms with Gasteiger partial charge in [-0.1, -0.05) is 11.6 Å². The molecule has 2 aliphatic rings. The molecule has 35 heavy (non-hydrogen) atoms. The number of imidazole rings is 1. The number of halogens is 1. The van der Waals surface area contributed by atoms with Crippen LogP contribution in [0.3, 0.4) is 0 Å². The summed E-state index contributed by atoms with van der Waals surface area (Å²) in [5, 5.41) is 0.938. The van der Waals surface area contributed by atoms with Crippen LogP contribution in [0.15, 0.2) is 59.8 Å². The van der Waals surface area contributed by atoms with Crippen molar-refractivity contribution in [1.82, 2.24) is 14.9 Å². The largest absolute Gasteiger partial charge is 0.491 e. The maximum atomic E-state index is 11.5. The van der Waals surface area contributed by atoms with Gasteiger partial charge in [0, 0.05) is 72.8 Å². The van der Waals surface area contributed by atoms with Crippen molar-refractivity contribution in [2.75, 3.05) is 44.3 Å². The number of rotatable bonds is 8. The zero-order valence-electron chi connectivity index (χ0n) is 19.7. The molecule has 184 valence electrons. The number of nitrogens with zero attached hydrogens (tertiary/aromatic N) is 3. The van der Waals surface area contributed by atoms with Crippen molar-refractivity contribution in [1.29, 1.82) is 0 Å². The number of piperazine rings is 1. The topological polar surface area (TPSA) is 70.7 Å². The third-order valence-electron chi connectivity index (χ3n) is 6.42. The fraction of sp³-hybridized carbons (Fsp3) is 0.385. The number of carbonyl (C=O) groups excluding carboxylic acids is 1. The average Bonchev–Trinajstić information content (AvgIpc) is 3.50. The van der Waals surface area contributed by atoms with Crippen LogP contribution in [-0.4, -0.2) is 65.4 Å². The van der Waals surface area contributed by atoms with E-state index in [0.29, 0.717) is 13.2 Å². The molecule has 1 aromatic heterocycles. The van der Waals surface area contributed by atoms with Crippen molar-refractivity contribution in [3.63, 3.8) is 0 Å². The molecule has 0 radical (unpaired) electrons. The van der Waals surface area contributed by atoms with Gasteiger partial charge in [-0.25, -0.2) is 4.98 Å². The third-order valence-corrected chi connectivity index (χ3v) is 8.00. The lowest BCUT2D eigenvalue weighted by atomic mass is 10.0. The summed E-state index contributed by atoms with van der Waals surface area (Å²) in [5.41, 5.74) is 2.28. The molecule has 2 atom stereocenters. The number of hydrogen-bond acceptors (Lipinski definition) is 6. The van der Waals surface area contributed by atoms with E-state index < -0.39 is 0 Å². The quantitative estimate of drug-likeness (QED) is 0.445. The van der Waals surface area contributed by atoms with Crippen molar-refractivity contribution >= 4 is 35.0 Å². The number of anilines is 1. The highest BCUT2D eigenvalue weighted by molar-refractivity contribution is 8.00. The minimum Gasteiger partial charge on any atom is -0.491 e. The van der Waals surface area contributed by atoms with E-state index in [9.17, 15) is 4.79 Å². The van der Waals surface area contributed by atoms with Crippen LogP contribution in [0.5, 0.6) is 5.75 Å². The maximum Gasteiger partial charge on any atom is 0.219 e. The standard InChI is InChI=1S/C26H29ClN4O3S/c1-18(32)30-10-12-31(13-11-30)20-3-5-21(6-4-20)33-14-15-34-26-22-16-19(27)2-7-23(22)35-24(26)17-25-28-8-9-29-25/h2-9,16,24,26H,10-15,17H2,1H3,(H,28,29). The normalized spacial score (nSPS) is 19.6. The van der Waals surface area contributed by atoms with Crippen LogP contribution in [-0.2, 0) is 16.0 Å². The minimum atomic E-state index is -0.0709. The van der Waals surface area contributed by atoms with Crippen molar-refractivity contribution in [3.8, 4) is 5.75 Å². The summed E-state index contributed by atoms with van der Waals surface area (Å²) in [7, 11) is 0. The van der Waals surface area contributed by atoms with Gasteiger partial charge in [0.05, 0.1) is 12.7 Å². The molecule has 0 aliphatic carbocycles. The Morgan fingerprint density at radius 3 is 2.66 bits per heavy atom. The minimum absolute atomic E-state index is 0.0709. The monoisotopic (exact) mass is 512 g/mol. The van der Waals surface area contributed by atoms with E-state index >= 15 is 0 Å². The smallest absolute Gasteiger partial charge is 0.219 e. The number of ether oxygens (including phenoxy) is 2. The number of aromatic amines is 1. The molecule has 7 nitrogen and oxygen atoms in total. The van der Waals surface area contributed by atoms with Crippen LogP contribution < -0.4 is 9.64 Å². The molecule has 3 aromatic rings. The maximum absolute atomic E-state index is 11.5. The Bertz CT molecular complexity index is 1130. The van der Waals surface area contributed by atoms with Gasteiger partial charge in [-0.3, -0.25) is 4.79 Å². The SMILES string of the molecule is CC(=O)N1CCN(c2ccc(OCCOC3c4cc(Cl)ccc4SC3Cc3ncc[nH]3)cc2)CC1. The first-order valence-corrected chi connectivity index (χ1v) is 13.1. The summed E-state index contributed by atoms with van der Waals surface area (Å²) in [6, 6.07) is 14.1. The predicted octanol–water partition coefficient (Wildman–Crippen LogP) is 4.59. The number of nitrogens with one attached hydrogen (secondary N) is 1. The fourth-order valence-corrected chi connectivity index (χ4v) is 6.14. The number of fused-ring (bicyclic) bond motifs is 1. The number of benzene rings is 2. The van der Waals surface area contributed by atoms with Gasteiger partial charge in [0.1, 0.15) is 18.2 Å². The Kier molecular flexibility index (Phi) is 7.51. The molecular weight excluding hydrogens is 484 g/mol. The van der Waals surface area contributed by atoms with Gasteiger partial charge >= 0.3 is 0 Å². The van der Waals surface area contributed by atoms with Crippen molar-refractivity contribution in [2.24, 2.45) is 0 Å². The van der Waals surface area contributed by atoms with E-state index in [4.69, 9.17) is 21.1 Å². The van der Waals surface area contributed by atoms with Crippen LogP contribution >= 0.6 is 23.4 Å². The highest BCUT2D eigenvalue weighted by Crippen LogP contribution is 2.47. The molecule has 2 aliphatic heterocycles. The van der Waals surface area contributed by atoms with Gasteiger partial charge in [0.25, 0.3) is 0 Å². The lowest BCUT2D eigenvalue weighted by Crippen LogP contribution is -2.48. The van der Waals surface area contributed by atoms with Crippen molar-refractivity contribution < 1.29 is 14.3 Å². The molecule has 2 unspecified atom stereocenters. The van der Waals surface area contributed by atoms with E-state index in [1.165, 1.54) is 4.90 Å². The molecule has 0 saturated carbocycles. The second-order valence-corrected chi connectivity index (χ2v) is 10.4. The summed E-state index contributed by atoms with van der Waals surface area (Å²) < 4.78 is 12.3. The first-order chi connectivity index (χ1) is 17.1. The number of aromatic nitrogens is 2. The van der Waals surface area contributed by atoms with Crippen LogP contribution in [0, 0.1) is 0 Å². The van der Waals surface area contributed by atoms with Gasteiger partial charge in [-0.15, -0.1) is 11.8 Å². The molecule has 1 saturated heterocycles. The lowest BCUT2D eigenvalue weighted by molar-refractivity contribution is -0.129. The molecule has 1 fully saturated rings. The van der Waals surface area contributed by atoms with Crippen molar-refractivity contribution in [2.45, 2.75) is 29.6 Å². The number of H-pyrrole nitrogens is 1. The summed E-state index contributed by atoms with van der Waals surface area (Å²) in [6.07, 6.45) is 4.34. The Labute approximate surface area is 214 Å². The van der Waals surface area contributed by atoms with Crippen molar-refractivity contribution in [3.05, 3.63) is 71.3 Å². The van der Waals surface area contributed by atoms with Crippen LogP contribution in [0.4, 0.5) is 5.69 Å². The summed E-state index contributed by atoms with van der Waals surface area (Å²) >= 11 is 8.09. The van der Waals surface area contributed by atoms with Gasteiger partial charge in [-0.2, -0.15) is 0 Å². The zero-order valence-corrected chi connectivity index (χ0v) is 21.2. The van der Waals surface area contributed by atoms with E-state index in [1.807, 2.05) is 47.1 Å². The van der Waals surface area contributed by atoms with Crippen LogP contribution in [0.25, 0.3) is 0 Å². The summed E-state index contributed by atoms with van der Waals surface area (Å²) in [5.74, 6) is 1.91. The number of thioether (sulfide) groups is 1. The molecular formula is C26H29ClN4O3S. The molecule has 3 heterocycles. The Hall–Kier alpha value is -2.68.